The highest BCUT2D eigenvalue weighted by atomic mass is 127. The van der Waals surface area contributed by atoms with Crippen LogP contribution in [-0.2, 0) is 4.74 Å². The minimum atomic E-state index is -0.435. The number of piperazine rings is 1. The van der Waals surface area contributed by atoms with E-state index in [9.17, 15) is 4.79 Å². The Labute approximate surface area is 152 Å². The molecule has 0 bridgehead atoms. The molecule has 2 rings (SSSR count). The summed E-state index contributed by atoms with van der Waals surface area (Å²) in [7, 11) is 0. The first-order valence-electron chi connectivity index (χ1n) is 7.92. The Balaban J connectivity index is 1.66. The predicted octanol–water partition coefficient (Wildman–Crippen LogP) is 3.22. The maximum absolute atomic E-state index is 12.0. The van der Waals surface area contributed by atoms with E-state index in [4.69, 9.17) is 9.47 Å². The van der Waals surface area contributed by atoms with E-state index in [1.54, 1.807) is 4.90 Å². The lowest BCUT2D eigenvalue weighted by Gasteiger charge is -2.35. The third kappa shape index (κ3) is 6.55. The number of carbonyl (C=O) groups excluding carboxylic acids is 1. The van der Waals surface area contributed by atoms with E-state index in [1.807, 2.05) is 45.0 Å². The van der Waals surface area contributed by atoms with Crippen molar-refractivity contribution in [3.63, 3.8) is 0 Å². The average molecular weight is 432 g/mol. The van der Waals surface area contributed by atoms with Crippen molar-refractivity contribution < 1.29 is 14.3 Å². The van der Waals surface area contributed by atoms with Gasteiger partial charge in [0.15, 0.2) is 0 Å². The Hall–Kier alpha value is -1.02. The molecule has 23 heavy (non-hydrogen) atoms. The molecule has 1 aliphatic heterocycles. The van der Waals surface area contributed by atoms with Crippen molar-refractivity contribution in [3.05, 3.63) is 27.8 Å². The summed E-state index contributed by atoms with van der Waals surface area (Å²) in [6.45, 7) is 10.3. The fourth-order valence-corrected chi connectivity index (χ4v) is 2.66. The summed E-state index contributed by atoms with van der Waals surface area (Å²) < 4.78 is 12.4. The van der Waals surface area contributed by atoms with Crippen LogP contribution in [0.25, 0.3) is 0 Å². The maximum atomic E-state index is 12.0. The molecule has 1 heterocycles. The van der Waals surface area contributed by atoms with Gasteiger partial charge in [-0.25, -0.2) is 4.79 Å². The normalized spacial score (nSPS) is 16.3. The maximum Gasteiger partial charge on any atom is 0.410 e. The van der Waals surface area contributed by atoms with E-state index in [-0.39, 0.29) is 6.09 Å². The van der Waals surface area contributed by atoms with Crippen LogP contribution in [0.1, 0.15) is 20.8 Å². The van der Waals surface area contributed by atoms with Gasteiger partial charge < -0.3 is 14.4 Å². The zero-order valence-corrected chi connectivity index (χ0v) is 16.2. The molecule has 1 aromatic carbocycles. The first-order valence-corrected chi connectivity index (χ1v) is 9.00. The van der Waals surface area contributed by atoms with Crippen LogP contribution in [0, 0.1) is 3.57 Å². The molecule has 0 unspecified atom stereocenters. The van der Waals surface area contributed by atoms with E-state index in [1.165, 1.54) is 3.57 Å². The van der Waals surface area contributed by atoms with Gasteiger partial charge in [0.1, 0.15) is 18.0 Å². The van der Waals surface area contributed by atoms with Crippen molar-refractivity contribution in [1.82, 2.24) is 9.80 Å². The molecule has 0 N–H and O–H groups in total. The summed E-state index contributed by atoms with van der Waals surface area (Å²) in [6, 6.07) is 8.05. The first-order chi connectivity index (χ1) is 10.8. The number of benzene rings is 1. The van der Waals surface area contributed by atoms with Crippen molar-refractivity contribution in [2.75, 3.05) is 39.3 Å². The standard InChI is InChI=1S/C17H25IN2O3/c1-17(2,3)23-16(21)20-10-8-19(9-11-20)12-13-22-15-6-4-14(18)5-7-15/h4-7H,8-13H2,1-3H3. The number of ether oxygens (including phenoxy) is 2. The van der Waals surface area contributed by atoms with E-state index in [2.05, 4.69) is 27.5 Å². The van der Waals surface area contributed by atoms with Crippen LogP contribution in [0.5, 0.6) is 5.75 Å². The van der Waals surface area contributed by atoms with Crippen molar-refractivity contribution in [3.8, 4) is 5.75 Å². The quantitative estimate of drug-likeness (QED) is 0.686. The highest BCUT2D eigenvalue weighted by molar-refractivity contribution is 14.1. The fourth-order valence-electron chi connectivity index (χ4n) is 2.30. The molecule has 0 atom stereocenters. The lowest BCUT2D eigenvalue weighted by molar-refractivity contribution is 0.0137. The van der Waals surface area contributed by atoms with Gasteiger partial charge in [0.2, 0.25) is 0 Å². The molecule has 1 aromatic rings. The molecule has 1 saturated heterocycles. The van der Waals surface area contributed by atoms with E-state index >= 15 is 0 Å². The fraction of sp³-hybridized carbons (Fsp3) is 0.588. The van der Waals surface area contributed by atoms with Gasteiger partial charge >= 0.3 is 6.09 Å². The number of amides is 1. The number of rotatable bonds is 4. The van der Waals surface area contributed by atoms with Crippen molar-refractivity contribution in [2.45, 2.75) is 26.4 Å². The number of hydrogen-bond acceptors (Lipinski definition) is 4. The van der Waals surface area contributed by atoms with Crippen LogP contribution < -0.4 is 4.74 Å². The third-order valence-electron chi connectivity index (χ3n) is 3.51. The van der Waals surface area contributed by atoms with Gasteiger partial charge in [-0.15, -0.1) is 0 Å². The topological polar surface area (TPSA) is 42.0 Å². The Morgan fingerprint density at radius 3 is 2.30 bits per heavy atom. The van der Waals surface area contributed by atoms with Gasteiger partial charge in [0.25, 0.3) is 0 Å². The Kier molecular flexibility index (Phi) is 6.52. The first kappa shape index (κ1) is 18.3. The zero-order valence-electron chi connectivity index (χ0n) is 14.0. The number of hydrogen-bond donors (Lipinski definition) is 0. The van der Waals surface area contributed by atoms with Crippen LogP contribution in [0.4, 0.5) is 4.79 Å². The SMILES string of the molecule is CC(C)(C)OC(=O)N1CCN(CCOc2ccc(I)cc2)CC1. The highest BCUT2D eigenvalue weighted by Gasteiger charge is 2.25. The zero-order chi connectivity index (χ0) is 16.9. The second-order valence-corrected chi connectivity index (χ2v) is 7.86. The van der Waals surface area contributed by atoms with E-state index in [0.717, 1.165) is 25.4 Å². The molecular weight excluding hydrogens is 407 g/mol. The second kappa shape index (κ2) is 8.19. The van der Waals surface area contributed by atoms with Crippen LogP contribution >= 0.6 is 22.6 Å². The summed E-state index contributed by atoms with van der Waals surface area (Å²) >= 11 is 2.28. The number of nitrogens with zero attached hydrogens (tertiary/aromatic N) is 2. The monoisotopic (exact) mass is 432 g/mol. The largest absolute Gasteiger partial charge is 0.492 e. The van der Waals surface area contributed by atoms with Crippen LogP contribution in [0.3, 0.4) is 0 Å². The minimum Gasteiger partial charge on any atom is -0.492 e. The molecular formula is C17H25IN2O3. The Morgan fingerprint density at radius 2 is 1.74 bits per heavy atom. The van der Waals surface area contributed by atoms with Crippen molar-refractivity contribution in [2.24, 2.45) is 0 Å². The summed E-state index contributed by atoms with van der Waals surface area (Å²) in [6.07, 6.45) is -0.215. The summed E-state index contributed by atoms with van der Waals surface area (Å²) in [5, 5.41) is 0. The van der Waals surface area contributed by atoms with Crippen LogP contribution in [0.2, 0.25) is 0 Å². The highest BCUT2D eigenvalue weighted by Crippen LogP contribution is 2.14. The summed E-state index contributed by atoms with van der Waals surface area (Å²) in [5.41, 5.74) is -0.435. The van der Waals surface area contributed by atoms with Crippen molar-refractivity contribution in [1.29, 1.82) is 0 Å². The van der Waals surface area contributed by atoms with Crippen LogP contribution in [0.15, 0.2) is 24.3 Å². The molecule has 128 valence electrons. The molecule has 0 saturated carbocycles. The summed E-state index contributed by atoms with van der Waals surface area (Å²) in [5.74, 6) is 0.901. The van der Waals surface area contributed by atoms with Gasteiger partial charge in [-0.3, -0.25) is 4.90 Å². The molecule has 1 amide bonds. The molecule has 1 fully saturated rings. The molecule has 5 nitrogen and oxygen atoms in total. The predicted molar refractivity (Wildman–Crippen MR) is 98.9 cm³/mol. The smallest absolute Gasteiger partial charge is 0.410 e. The Morgan fingerprint density at radius 1 is 1.13 bits per heavy atom. The van der Waals surface area contributed by atoms with Crippen LogP contribution in [-0.4, -0.2) is 60.8 Å². The van der Waals surface area contributed by atoms with E-state index in [0.29, 0.717) is 19.7 Å². The third-order valence-corrected chi connectivity index (χ3v) is 4.23. The number of carbonyl (C=O) groups is 1. The van der Waals surface area contributed by atoms with E-state index < -0.39 is 5.60 Å². The Bertz CT molecular complexity index is 506. The van der Waals surface area contributed by atoms with Crippen molar-refractivity contribution >= 4 is 28.7 Å². The second-order valence-electron chi connectivity index (χ2n) is 6.61. The van der Waals surface area contributed by atoms with Gasteiger partial charge in [-0.2, -0.15) is 0 Å². The molecule has 0 aromatic heterocycles. The van der Waals surface area contributed by atoms with Gasteiger partial charge in [-0.1, -0.05) is 0 Å². The van der Waals surface area contributed by atoms with Gasteiger partial charge in [0, 0.05) is 36.3 Å². The molecule has 6 heteroatoms. The average Bonchev–Trinajstić information content (AvgIpc) is 2.48. The lowest BCUT2D eigenvalue weighted by atomic mass is 10.2. The van der Waals surface area contributed by atoms with Gasteiger partial charge in [0.05, 0.1) is 0 Å². The number of halogens is 1. The van der Waals surface area contributed by atoms with Gasteiger partial charge in [-0.05, 0) is 67.6 Å². The minimum absolute atomic E-state index is 0.215. The molecule has 0 radical (unpaired) electrons. The molecule has 0 spiro atoms. The summed E-state index contributed by atoms with van der Waals surface area (Å²) in [4.78, 5) is 16.1. The lowest BCUT2D eigenvalue weighted by Crippen LogP contribution is -2.50. The molecule has 0 aliphatic carbocycles. The molecule has 1 aliphatic rings.